The van der Waals surface area contributed by atoms with Crippen molar-refractivity contribution >= 4 is 21.8 Å². The number of benzene rings is 3. The zero-order valence-corrected chi connectivity index (χ0v) is 12.0. The summed E-state index contributed by atoms with van der Waals surface area (Å²) in [6.07, 6.45) is 0. The van der Waals surface area contributed by atoms with Crippen molar-refractivity contribution in [2.24, 2.45) is 0 Å². The lowest BCUT2D eigenvalue weighted by Crippen LogP contribution is -1.97. The zero-order chi connectivity index (χ0) is 14.4. The third kappa shape index (κ3) is 1.89. The smallest absolute Gasteiger partial charge is 0.121 e. The van der Waals surface area contributed by atoms with Crippen molar-refractivity contribution in [3.63, 3.8) is 0 Å². The van der Waals surface area contributed by atoms with E-state index in [4.69, 9.17) is 0 Å². The monoisotopic (exact) mass is 273 g/mol. The fourth-order valence-corrected chi connectivity index (χ4v) is 2.72. The van der Waals surface area contributed by atoms with Crippen molar-refractivity contribution in [2.45, 2.75) is 13.8 Å². The maximum atomic E-state index is 4.69. The lowest BCUT2D eigenvalue weighted by Gasteiger charge is -2.00. The number of fused-ring (bicyclic) bond motifs is 3. The van der Waals surface area contributed by atoms with Crippen LogP contribution in [0.4, 0.5) is 0 Å². The van der Waals surface area contributed by atoms with Crippen molar-refractivity contribution in [3.8, 4) is 5.69 Å². The van der Waals surface area contributed by atoms with E-state index in [0.29, 0.717) is 0 Å². The molecule has 0 unspecified atom stereocenters. The Labute approximate surface area is 122 Å². The SMILES string of the molecule is Cc1ccc(-n2nc3cc(C)c4ccccc4c3n2)cc1. The van der Waals surface area contributed by atoms with Gasteiger partial charge in [-0.15, -0.1) is 10.2 Å². The van der Waals surface area contributed by atoms with Gasteiger partial charge in [0.2, 0.25) is 0 Å². The predicted molar refractivity (Wildman–Crippen MR) is 85.8 cm³/mol. The van der Waals surface area contributed by atoms with Gasteiger partial charge in [-0.3, -0.25) is 0 Å². The van der Waals surface area contributed by atoms with Gasteiger partial charge < -0.3 is 0 Å². The number of hydrogen-bond acceptors (Lipinski definition) is 2. The molecule has 3 nitrogen and oxygen atoms in total. The van der Waals surface area contributed by atoms with Gasteiger partial charge in [-0.2, -0.15) is 4.80 Å². The predicted octanol–water partition coefficient (Wildman–Crippen LogP) is 4.19. The molecule has 3 aromatic carbocycles. The van der Waals surface area contributed by atoms with Gasteiger partial charge in [-0.05, 0) is 43.0 Å². The van der Waals surface area contributed by atoms with E-state index in [1.54, 1.807) is 4.80 Å². The van der Waals surface area contributed by atoms with Crippen LogP contribution in [0.5, 0.6) is 0 Å². The lowest BCUT2D eigenvalue weighted by atomic mass is 10.0. The van der Waals surface area contributed by atoms with E-state index >= 15 is 0 Å². The molecular weight excluding hydrogens is 258 g/mol. The summed E-state index contributed by atoms with van der Waals surface area (Å²) in [5.74, 6) is 0. The topological polar surface area (TPSA) is 30.7 Å². The van der Waals surface area contributed by atoms with Crippen LogP contribution in [0.15, 0.2) is 54.6 Å². The van der Waals surface area contributed by atoms with Gasteiger partial charge in [0.05, 0.1) is 5.69 Å². The van der Waals surface area contributed by atoms with Gasteiger partial charge in [0, 0.05) is 5.39 Å². The summed E-state index contributed by atoms with van der Waals surface area (Å²) < 4.78 is 0. The first-order valence-corrected chi connectivity index (χ1v) is 7.05. The van der Waals surface area contributed by atoms with Crippen molar-refractivity contribution in [1.29, 1.82) is 0 Å². The normalized spacial score (nSPS) is 11.3. The maximum Gasteiger partial charge on any atom is 0.121 e. The Hall–Kier alpha value is -2.68. The molecule has 0 radical (unpaired) electrons. The highest BCUT2D eigenvalue weighted by atomic mass is 15.5. The Morgan fingerprint density at radius 1 is 0.810 bits per heavy atom. The largest absolute Gasteiger partial charge is 0.150 e. The Morgan fingerprint density at radius 2 is 1.52 bits per heavy atom. The maximum absolute atomic E-state index is 4.69. The van der Waals surface area contributed by atoms with Crippen molar-refractivity contribution in [2.75, 3.05) is 0 Å². The summed E-state index contributed by atoms with van der Waals surface area (Å²) >= 11 is 0. The number of hydrogen-bond donors (Lipinski definition) is 0. The van der Waals surface area contributed by atoms with E-state index in [-0.39, 0.29) is 0 Å². The third-order valence-corrected chi connectivity index (χ3v) is 3.86. The van der Waals surface area contributed by atoms with Crippen LogP contribution in [0.2, 0.25) is 0 Å². The average molecular weight is 273 g/mol. The average Bonchev–Trinajstić information content (AvgIpc) is 2.92. The first kappa shape index (κ1) is 12.1. The molecule has 0 bridgehead atoms. The van der Waals surface area contributed by atoms with Crippen molar-refractivity contribution in [1.82, 2.24) is 15.0 Å². The van der Waals surface area contributed by atoms with Gasteiger partial charge in [-0.1, -0.05) is 42.0 Å². The van der Waals surface area contributed by atoms with Gasteiger partial charge in [-0.25, -0.2) is 0 Å². The molecule has 0 fully saturated rings. The minimum absolute atomic E-state index is 0.937. The van der Waals surface area contributed by atoms with Crippen molar-refractivity contribution < 1.29 is 0 Å². The Morgan fingerprint density at radius 3 is 2.29 bits per heavy atom. The van der Waals surface area contributed by atoms with E-state index in [9.17, 15) is 0 Å². The van der Waals surface area contributed by atoms with Crippen LogP contribution in [-0.2, 0) is 0 Å². The molecule has 0 N–H and O–H groups in total. The van der Waals surface area contributed by atoms with Gasteiger partial charge in [0.15, 0.2) is 0 Å². The van der Waals surface area contributed by atoms with Gasteiger partial charge in [0.1, 0.15) is 11.0 Å². The van der Waals surface area contributed by atoms with Crippen LogP contribution < -0.4 is 0 Å². The second-order valence-electron chi connectivity index (χ2n) is 5.43. The van der Waals surface area contributed by atoms with Crippen LogP contribution >= 0.6 is 0 Å². The molecule has 102 valence electrons. The fraction of sp³-hybridized carbons (Fsp3) is 0.111. The lowest BCUT2D eigenvalue weighted by molar-refractivity contribution is 0.766. The third-order valence-electron chi connectivity index (χ3n) is 3.86. The van der Waals surface area contributed by atoms with Crippen LogP contribution in [0.25, 0.3) is 27.5 Å². The Balaban J connectivity index is 2.02. The van der Waals surface area contributed by atoms with Crippen LogP contribution in [0.1, 0.15) is 11.1 Å². The summed E-state index contributed by atoms with van der Waals surface area (Å²) in [5, 5.41) is 11.7. The summed E-state index contributed by atoms with van der Waals surface area (Å²) in [6.45, 7) is 4.19. The highest BCUT2D eigenvalue weighted by molar-refractivity contribution is 6.05. The minimum Gasteiger partial charge on any atom is -0.150 e. The zero-order valence-electron chi connectivity index (χ0n) is 12.0. The molecule has 0 aliphatic rings. The van der Waals surface area contributed by atoms with Gasteiger partial charge in [0.25, 0.3) is 0 Å². The highest BCUT2D eigenvalue weighted by Gasteiger charge is 2.10. The molecule has 0 saturated carbocycles. The number of aromatic nitrogens is 3. The summed E-state index contributed by atoms with van der Waals surface area (Å²) in [7, 11) is 0. The quantitative estimate of drug-likeness (QED) is 0.520. The minimum atomic E-state index is 0.937. The van der Waals surface area contributed by atoms with Gasteiger partial charge >= 0.3 is 0 Å². The second-order valence-corrected chi connectivity index (χ2v) is 5.43. The second kappa shape index (κ2) is 4.42. The first-order chi connectivity index (χ1) is 10.2. The number of rotatable bonds is 1. The molecule has 1 heterocycles. The standard InChI is InChI=1S/C18H15N3/c1-12-7-9-14(10-8-12)21-19-17-11-13(2)15-5-3-4-6-16(15)18(17)20-21/h3-11H,1-2H3. The first-order valence-electron chi connectivity index (χ1n) is 7.05. The van der Waals surface area contributed by atoms with E-state index in [1.165, 1.54) is 16.5 Å². The Kier molecular flexibility index (Phi) is 2.54. The highest BCUT2D eigenvalue weighted by Crippen LogP contribution is 2.26. The Bertz CT molecular complexity index is 949. The van der Waals surface area contributed by atoms with E-state index in [0.717, 1.165) is 22.1 Å². The summed E-state index contributed by atoms with van der Waals surface area (Å²) in [4.78, 5) is 1.72. The van der Waals surface area contributed by atoms with E-state index in [1.807, 2.05) is 18.2 Å². The van der Waals surface area contributed by atoms with Crippen molar-refractivity contribution in [3.05, 3.63) is 65.7 Å². The molecule has 0 saturated heterocycles. The van der Waals surface area contributed by atoms with Crippen LogP contribution in [0, 0.1) is 13.8 Å². The molecular formula is C18H15N3. The summed E-state index contributed by atoms with van der Waals surface area (Å²) in [6, 6.07) is 18.7. The van der Waals surface area contributed by atoms with E-state index < -0.39 is 0 Å². The van der Waals surface area contributed by atoms with E-state index in [2.05, 4.69) is 60.4 Å². The molecule has 4 aromatic rings. The molecule has 0 aliphatic carbocycles. The molecule has 0 spiro atoms. The molecule has 21 heavy (non-hydrogen) atoms. The molecule has 3 heteroatoms. The molecule has 0 amide bonds. The molecule has 4 rings (SSSR count). The fourth-order valence-electron chi connectivity index (χ4n) is 2.72. The van der Waals surface area contributed by atoms with Crippen LogP contribution in [0.3, 0.4) is 0 Å². The van der Waals surface area contributed by atoms with Crippen LogP contribution in [-0.4, -0.2) is 15.0 Å². The number of aryl methyl sites for hydroxylation is 2. The molecule has 0 atom stereocenters. The summed E-state index contributed by atoms with van der Waals surface area (Å²) in [5.41, 5.74) is 5.34. The number of nitrogens with zero attached hydrogens (tertiary/aromatic N) is 3. The molecule has 0 aliphatic heterocycles. The molecule has 1 aromatic heterocycles.